The van der Waals surface area contributed by atoms with Gasteiger partial charge in [0, 0.05) is 37.6 Å². The number of imide groups is 1. The maximum atomic E-state index is 11.5. The van der Waals surface area contributed by atoms with E-state index in [0.717, 1.165) is 30.4 Å². The van der Waals surface area contributed by atoms with Crippen molar-refractivity contribution in [1.82, 2.24) is 10.2 Å². The summed E-state index contributed by atoms with van der Waals surface area (Å²) in [5.41, 5.74) is 0. The Hall–Kier alpha value is -1.98. The molecule has 0 aromatic heterocycles. The van der Waals surface area contributed by atoms with Crippen LogP contribution in [0.3, 0.4) is 0 Å². The number of hydrogen-bond acceptors (Lipinski definition) is 4. The summed E-state index contributed by atoms with van der Waals surface area (Å²) < 4.78 is 0. The van der Waals surface area contributed by atoms with Crippen LogP contribution in [0.2, 0.25) is 0 Å². The van der Waals surface area contributed by atoms with Crippen molar-refractivity contribution in [3.05, 3.63) is 12.2 Å². The molecule has 0 spiro atoms. The van der Waals surface area contributed by atoms with Crippen LogP contribution in [-0.2, 0) is 19.2 Å². The first kappa shape index (κ1) is 16.1. The fraction of sp³-hybridized carbons (Fsp3) is 0.571. The SMILES string of the molecule is C[C@H](C=O)CCCCNC(=O)CCN1C(=O)C=CC1=O. The van der Waals surface area contributed by atoms with Crippen molar-refractivity contribution >= 4 is 24.0 Å². The predicted octanol–water partition coefficient (Wildman–Crippen LogP) is 0.423. The zero-order chi connectivity index (χ0) is 15.0. The first-order chi connectivity index (χ1) is 9.54. The monoisotopic (exact) mass is 280 g/mol. The summed E-state index contributed by atoms with van der Waals surface area (Å²) in [5, 5.41) is 2.73. The Morgan fingerprint density at radius 1 is 1.30 bits per heavy atom. The number of aldehydes is 1. The van der Waals surface area contributed by atoms with Gasteiger partial charge in [-0.2, -0.15) is 0 Å². The third-order valence-corrected chi connectivity index (χ3v) is 3.10. The molecule has 0 saturated heterocycles. The molecule has 1 heterocycles. The number of carbonyl (C=O) groups excluding carboxylic acids is 4. The molecule has 6 nitrogen and oxygen atoms in total. The molecule has 0 aromatic carbocycles. The molecule has 1 N–H and O–H groups in total. The van der Waals surface area contributed by atoms with Crippen LogP contribution in [0.4, 0.5) is 0 Å². The van der Waals surface area contributed by atoms with Gasteiger partial charge in [-0.15, -0.1) is 0 Å². The summed E-state index contributed by atoms with van der Waals surface area (Å²) in [6, 6.07) is 0. The van der Waals surface area contributed by atoms with E-state index in [4.69, 9.17) is 0 Å². The van der Waals surface area contributed by atoms with Gasteiger partial charge in [-0.25, -0.2) is 0 Å². The zero-order valence-electron chi connectivity index (χ0n) is 11.6. The quantitative estimate of drug-likeness (QED) is 0.377. The van der Waals surface area contributed by atoms with Gasteiger partial charge in [0.15, 0.2) is 0 Å². The number of nitrogens with one attached hydrogen (secondary N) is 1. The minimum atomic E-state index is -0.370. The van der Waals surface area contributed by atoms with Gasteiger partial charge in [0.1, 0.15) is 6.29 Å². The second kappa shape index (κ2) is 8.24. The number of nitrogens with zero attached hydrogens (tertiary/aromatic N) is 1. The molecule has 110 valence electrons. The summed E-state index contributed by atoms with van der Waals surface area (Å²) in [6.07, 6.45) is 5.96. The lowest BCUT2D eigenvalue weighted by molar-refractivity contribution is -0.137. The average Bonchev–Trinajstić information content (AvgIpc) is 2.75. The Morgan fingerprint density at radius 2 is 1.95 bits per heavy atom. The standard InChI is InChI=1S/C14H20N2O4/c1-11(10-17)4-2-3-8-15-12(18)7-9-16-13(19)5-6-14(16)20/h5-6,10-11H,2-4,7-9H2,1H3,(H,15,18)/t11-/m0/s1. The molecule has 6 heteroatoms. The second-order valence-corrected chi connectivity index (χ2v) is 4.87. The Balaban J connectivity index is 2.08. The highest BCUT2D eigenvalue weighted by Crippen LogP contribution is 2.05. The normalized spacial score (nSPS) is 15.6. The number of unbranched alkanes of at least 4 members (excludes halogenated alkanes) is 1. The molecule has 0 aromatic rings. The highest BCUT2D eigenvalue weighted by molar-refractivity contribution is 6.13. The molecule has 1 rings (SSSR count). The Bertz CT molecular complexity index is 399. The van der Waals surface area contributed by atoms with Crippen LogP contribution >= 0.6 is 0 Å². The van der Waals surface area contributed by atoms with Crippen LogP contribution in [0.25, 0.3) is 0 Å². The van der Waals surface area contributed by atoms with E-state index in [2.05, 4.69) is 5.32 Å². The molecular weight excluding hydrogens is 260 g/mol. The molecule has 0 aliphatic carbocycles. The van der Waals surface area contributed by atoms with Crippen LogP contribution in [-0.4, -0.2) is 42.0 Å². The van der Waals surface area contributed by atoms with E-state index in [1.54, 1.807) is 0 Å². The second-order valence-electron chi connectivity index (χ2n) is 4.87. The average molecular weight is 280 g/mol. The molecule has 1 aliphatic heterocycles. The summed E-state index contributed by atoms with van der Waals surface area (Å²) in [5.74, 6) is -0.859. The smallest absolute Gasteiger partial charge is 0.253 e. The molecular formula is C14H20N2O4. The molecule has 0 unspecified atom stereocenters. The lowest BCUT2D eigenvalue weighted by Crippen LogP contribution is -2.34. The predicted molar refractivity (Wildman–Crippen MR) is 72.6 cm³/mol. The van der Waals surface area contributed by atoms with E-state index in [0.29, 0.717) is 6.54 Å². The van der Waals surface area contributed by atoms with Gasteiger partial charge < -0.3 is 10.1 Å². The molecule has 20 heavy (non-hydrogen) atoms. The molecule has 0 bridgehead atoms. The minimum absolute atomic E-state index is 0.0605. The van der Waals surface area contributed by atoms with Crippen LogP contribution in [0.5, 0.6) is 0 Å². The van der Waals surface area contributed by atoms with E-state index >= 15 is 0 Å². The van der Waals surface area contributed by atoms with Gasteiger partial charge in [0.2, 0.25) is 5.91 Å². The van der Waals surface area contributed by atoms with E-state index in [1.807, 2.05) is 6.92 Å². The maximum Gasteiger partial charge on any atom is 0.253 e. The molecule has 0 fully saturated rings. The van der Waals surface area contributed by atoms with Crippen molar-refractivity contribution in [3.8, 4) is 0 Å². The highest BCUT2D eigenvalue weighted by Gasteiger charge is 2.23. The van der Waals surface area contributed by atoms with E-state index < -0.39 is 0 Å². The topological polar surface area (TPSA) is 83.6 Å². The van der Waals surface area contributed by atoms with Crippen molar-refractivity contribution in [2.75, 3.05) is 13.1 Å². The third-order valence-electron chi connectivity index (χ3n) is 3.10. The Kier molecular flexibility index (Phi) is 6.63. The largest absolute Gasteiger partial charge is 0.356 e. The first-order valence-electron chi connectivity index (χ1n) is 6.80. The van der Waals surface area contributed by atoms with Gasteiger partial charge in [-0.05, 0) is 12.8 Å². The number of hydrogen-bond donors (Lipinski definition) is 1. The molecule has 0 radical (unpaired) electrons. The number of amides is 3. The van der Waals surface area contributed by atoms with Crippen molar-refractivity contribution in [1.29, 1.82) is 0 Å². The van der Waals surface area contributed by atoms with Gasteiger partial charge in [0.25, 0.3) is 11.8 Å². The Morgan fingerprint density at radius 3 is 2.55 bits per heavy atom. The van der Waals surface area contributed by atoms with E-state index in [9.17, 15) is 19.2 Å². The summed E-state index contributed by atoms with van der Waals surface area (Å²) in [4.78, 5) is 45.5. The maximum absolute atomic E-state index is 11.5. The van der Waals surface area contributed by atoms with Gasteiger partial charge in [0.05, 0.1) is 0 Å². The lowest BCUT2D eigenvalue weighted by atomic mass is 10.1. The summed E-state index contributed by atoms with van der Waals surface area (Å²) >= 11 is 0. The molecule has 0 saturated carbocycles. The Labute approximate surface area is 118 Å². The highest BCUT2D eigenvalue weighted by atomic mass is 16.2. The fourth-order valence-corrected chi connectivity index (χ4v) is 1.84. The number of carbonyl (C=O) groups is 4. The van der Waals surface area contributed by atoms with Crippen molar-refractivity contribution < 1.29 is 19.2 Å². The van der Waals surface area contributed by atoms with Crippen molar-refractivity contribution in [2.24, 2.45) is 5.92 Å². The summed E-state index contributed by atoms with van der Waals surface area (Å²) in [6.45, 7) is 2.52. The van der Waals surface area contributed by atoms with Crippen LogP contribution < -0.4 is 5.32 Å². The number of rotatable bonds is 9. The van der Waals surface area contributed by atoms with Crippen LogP contribution in [0, 0.1) is 5.92 Å². The lowest BCUT2D eigenvalue weighted by Gasteiger charge is -2.13. The van der Waals surface area contributed by atoms with Gasteiger partial charge in [-0.1, -0.05) is 13.3 Å². The van der Waals surface area contributed by atoms with Crippen molar-refractivity contribution in [3.63, 3.8) is 0 Å². The van der Waals surface area contributed by atoms with Gasteiger partial charge in [-0.3, -0.25) is 19.3 Å². The molecule has 1 aliphatic rings. The molecule has 1 atom stereocenters. The third kappa shape index (κ3) is 5.34. The first-order valence-corrected chi connectivity index (χ1v) is 6.80. The van der Waals surface area contributed by atoms with Gasteiger partial charge >= 0.3 is 0 Å². The van der Waals surface area contributed by atoms with E-state index in [1.165, 1.54) is 12.2 Å². The summed E-state index contributed by atoms with van der Waals surface area (Å²) in [7, 11) is 0. The van der Waals surface area contributed by atoms with Crippen molar-refractivity contribution in [2.45, 2.75) is 32.6 Å². The fourth-order valence-electron chi connectivity index (χ4n) is 1.84. The molecule has 3 amide bonds. The zero-order valence-corrected chi connectivity index (χ0v) is 11.6. The van der Waals surface area contributed by atoms with E-state index in [-0.39, 0.29) is 36.6 Å². The van der Waals surface area contributed by atoms with Crippen LogP contribution in [0.15, 0.2) is 12.2 Å². The van der Waals surface area contributed by atoms with Crippen LogP contribution in [0.1, 0.15) is 32.6 Å². The minimum Gasteiger partial charge on any atom is -0.356 e.